The molecule has 0 saturated heterocycles. The van der Waals surface area contributed by atoms with Gasteiger partial charge in [-0.15, -0.1) is 13.2 Å². The van der Waals surface area contributed by atoms with Gasteiger partial charge in [0, 0.05) is 13.1 Å². The summed E-state index contributed by atoms with van der Waals surface area (Å²) in [6.07, 6.45) is -4.05. The molecule has 0 radical (unpaired) electrons. The van der Waals surface area contributed by atoms with Gasteiger partial charge in [-0.2, -0.15) is 0 Å². The lowest BCUT2D eigenvalue weighted by atomic mass is 10.3. The summed E-state index contributed by atoms with van der Waals surface area (Å²) in [7, 11) is -4.07. The van der Waals surface area contributed by atoms with Gasteiger partial charge in [0.2, 0.25) is 10.0 Å². The van der Waals surface area contributed by atoms with Crippen molar-refractivity contribution in [1.29, 1.82) is 0 Å². The molecule has 0 bridgehead atoms. The van der Waals surface area contributed by atoms with E-state index in [-0.39, 0.29) is 6.54 Å². The average Bonchev–Trinajstić information content (AvgIpc) is 2.37. The van der Waals surface area contributed by atoms with Crippen LogP contribution in [-0.4, -0.2) is 34.4 Å². The fourth-order valence-electron chi connectivity index (χ4n) is 1.53. The molecular weight excluding hydrogens is 309 g/mol. The van der Waals surface area contributed by atoms with Crippen LogP contribution in [0.4, 0.5) is 13.2 Å². The number of rotatable bonds is 8. The fourth-order valence-corrected chi connectivity index (χ4v) is 2.69. The summed E-state index contributed by atoms with van der Waals surface area (Å²) in [4.78, 5) is -0.544. The van der Waals surface area contributed by atoms with Crippen LogP contribution in [0.1, 0.15) is 13.3 Å². The maximum atomic E-state index is 12.3. The highest BCUT2D eigenvalue weighted by atomic mass is 32.2. The second-order valence-corrected chi connectivity index (χ2v) is 5.88. The Morgan fingerprint density at radius 3 is 2.43 bits per heavy atom. The zero-order chi connectivity index (χ0) is 15.9. The smallest absolute Gasteiger partial charge is 0.404 e. The van der Waals surface area contributed by atoms with Crippen molar-refractivity contribution in [3.8, 4) is 5.75 Å². The number of benzene rings is 1. The molecule has 1 aromatic rings. The third-order valence-corrected chi connectivity index (χ3v) is 3.89. The van der Waals surface area contributed by atoms with Crippen LogP contribution in [0, 0.1) is 0 Å². The topological polar surface area (TPSA) is 67.4 Å². The van der Waals surface area contributed by atoms with Crippen LogP contribution in [0.3, 0.4) is 0 Å². The first-order valence-electron chi connectivity index (χ1n) is 6.31. The number of alkyl halides is 3. The van der Waals surface area contributed by atoms with E-state index in [1.165, 1.54) is 12.1 Å². The van der Waals surface area contributed by atoms with Gasteiger partial charge in [-0.05, 0) is 25.1 Å². The highest BCUT2D eigenvalue weighted by molar-refractivity contribution is 7.89. The second kappa shape index (κ2) is 7.62. The molecule has 1 aromatic carbocycles. The maximum Gasteiger partial charge on any atom is 0.573 e. The summed E-state index contributed by atoms with van der Waals surface area (Å²) in [5, 5.41) is 2.97. The molecule has 0 saturated carbocycles. The van der Waals surface area contributed by atoms with Gasteiger partial charge in [-0.25, -0.2) is 13.1 Å². The first kappa shape index (κ1) is 17.7. The van der Waals surface area contributed by atoms with Crippen LogP contribution in [-0.2, 0) is 10.0 Å². The minimum Gasteiger partial charge on any atom is -0.404 e. The summed E-state index contributed by atoms with van der Waals surface area (Å²) in [6, 6.07) is 4.61. The van der Waals surface area contributed by atoms with Crippen LogP contribution in [0.5, 0.6) is 5.75 Å². The molecule has 0 aliphatic carbocycles. The van der Waals surface area contributed by atoms with E-state index in [9.17, 15) is 21.6 Å². The van der Waals surface area contributed by atoms with E-state index in [1.807, 2.05) is 6.92 Å². The number of ether oxygens (including phenoxy) is 1. The highest BCUT2D eigenvalue weighted by Gasteiger charge is 2.33. The molecule has 0 fully saturated rings. The lowest BCUT2D eigenvalue weighted by molar-refractivity contribution is -0.275. The predicted molar refractivity (Wildman–Crippen MR) is 71.5 cm³/mol. The third kappa shape index (κ3) is 6.32. The first-order valence-corrected chi connectivity index (χ1v) is 7.80. The van der Waals surface area contributed by atoms with E-state index in [0.29, 0.717) is 6.54 Å². The molecule has 0 spiro atoms. The van der Waals surface area contributed by atoms with Crippen molar-refractivity contribution < 1.29 is 26.3 Å². The lowest BCUT2D eigenvalue weighted by Crippen LogP contribution is -2.32. The minimum atomic E-state index is -4.95. The fraction of sp³-hybridized carbons (Fsp3) is 0.500. The number of halogens is 3. The molecule has 1 rings (SSSR count). The lowest BCUT2D eigenvalue weighted by Gasteiger charge is -2.14. The molecule has 9 heteroatoms. The molecule has 2 N–H and O–H groups in total. The standard InChI is InChI=1S/C12H17F3N2O3S/c1-2-7-16-8-9-17-21(18,19)11-6-4-3-5-10(11)20-12(13,14)15/h3-6,16-17H,2,7-9H2,1H3. The van der Waals surface area contributed by atoms with Gasteiger partial charge in [-0.3, -0.25) is 0 Å². The molecule has 0 unspecified atom stereocenters. The summed E-state index contributed by atoms with van der Waals surface area (Å²) in [5.74, 6) is -0.751. The molecule has 120 valence electrons. The van der Waals surface area contributed by atoms with Crippen molar-refractivity contribution in [3.05, 3.63) is 24.3 Å². The van der Waals surface area contributed by atoms with E-state index in [2.05, 4.69) is 14.8 Å². The Kier molecular flexibility index (Phi) is 6.43. The summed E-state index contributed by atoms with van der Waals surface area (Å²) < 4.78 is 66.7. The average molecular weight is 326 g/mol. The van der Waals surface area contributed by atoms with Gasteiger partial charge in [0.05, 0.1) is 0 Å². The van der Waals surface area contributed by atoms with E-state index in [0.717, 1.165) is 25.1 Å². The van der Waals surface area contributed by atoms with Gasteiger partial charge in [0.25, 0.3) is 0 Å². The molecule has 5 nitrogen and oxygen atoms in total. The number of hydrogen-bond donors (Lipinski definition) is 2. The monoisotopic (exact) mass is 326 g/mol. The van der Waals surface area contributed by atoms with Crippen LogP contribution in [0.2, 0.25) is 0 Å². The molecule has 0 amide bonds. The molecule has 0 heterocycles. The Bertz CT molecular complexity index is 547. The summed E-state index contributed by atoms with van der Waals surface area (Å²) in [5.41, 5.74) is 0. The molecule has 0 aliphatic heterocycles. The Labute approximate surface area is 121 Å². The summed E-state index contributed by atoms with van der Waals surface area (Å²) in [6.45, 7) is 3.15. The van der Waals surface area contributed by atoms with Gasteiger partial charge in [-0.1, -0.05) is 19.1 Å². The van der Waals surface area contributed by atoms with Crippen LogP contribution >= 0.6 is 0 Å². The van der Waals surface area contributed by atoms with Gasteiger partial charge >= 0.3 is 6.36 Å². The minimum absolute atomic E-state index is 0.0721. The SMILES string of the molecule is CCCNCCNS(=O)(=O)c1ccccc1OC(F)(F)F. The second-order valence-electron chi connectivity index (χ2n) is 4.14. The van der Waals surface area contributed by atoms with Crippen molar-refractivity contribution in [2.24, 2.45) is 0 Å². The van der Waals surface area contributed by atoms with Crippen molar-refractivity contribution in [2.75, 3.05) is 19.6 Å². The zero-order valence-corrected chi connectivity index (χ0v) is 12.2. The van der Waals surface area contributed by atoms with Gasteiger partial charge in [0.15, 0.2) is 0 Å². The van der Waals surface area contributed by atoms with Gasteiger partial charge < -0.3 is 10.1 Å². The zero-order valence-electron chi connectivity index (χ0n) is 11.4. The van der Waals surface area contributed by atoms with E-state index >= 15 is 0 Å². The molecule has 21 heavy (non-hydrogen) atoms. The number of nitrogens with one attached hydrogen (secondary N) is 2. The number of sulfonamides is 1. The van der Waals surface area contributed by atoms with Crippen molar-refractivity contribution >= 4 is 10.0 Å². The van der Waals surface area contributed by atoms with Crippen molar-refractivity contribution in [1.82, 2.24) is 10.0 Å². The van der Waals surface area contributed by atoms with Gasteiger partial charge in [0.1, 0.15) is 10.6 Å². The van der Waals surface area contributed by atoms with Crippen molar-refractivity contribution in [3.63, 3.8) is 0 Å². The molecule has 0 aromatic heterocycles. The van der Waals surface area contributed by atoms with Crippen LogP contribution in [0.25, 0.3) is 0 Å². The quantitative estimate of drug-likeness (QED) is 0.716. The molecule has 0 atom stereocenters. The Balaban J connectivity index is 2.78. The molecule has 0 aliphatic rings. The van der Waals surface area contributed by atoms with Crippen molar-refractivity contribution in [2.45, 2.75) is 24.6 Å². The third-order valence-electron chi connectivity index (χ3n) is 2.38. The Morgan fingerprint density at radius 2 is 1.81 bits per heavy atom. The normalized spacial score (nSPS) is 12.4. The van der Waals surface area contributed by atoms with Crippen LogP contribution in [0.15, 0.2) is 29.2 Å². The van der Waals surface area contributed by atoms with Crippen LogP contribution < -0.4 is 14.8 Å². The Hall–Kier alpha value is -1.32. The largest absolute Gasteiger partial charge is 0.573 e. The van der Waals surface area contributed by atoms with E-state index < -0.39 is 27.0 Å². The Morgan fingerprint density at radius 1 is 1.14 bits per heavy atom. The predicted octanol–water partition coefficient (Wildman–Crippen LogP) is 1.86. The highest BCUT2D eigenvalue weighted by Crippen LogP contribution is 2.28. The number of hydrogen-bond acceptors (Lipinski definition) is 4. The van der Waals surface area contributed by atoms with E-state index in [1.54, 1.807) is 0 Å². The molecular formula is C12H17F3N2O3S. The summed E-state index contributed by atoms with van der Waals surface area (Å²) >= 11 is 0. The maximum absolute atomic E-state index is 12.3. The van der Waals surface area contributed by atoms with E-state index in [4.69, 9.17) is 0 Å². The number of para-hydroxylation sites is 1. The first-order chi connectivity index (χ1) is 9.76.